The third kappa shape index (κ3) is 4.02. The molecule has 0 bridgehead atoms. The molecule has 1 aliphatic rings. The number of piperazine rings is 1. The first-order valence-corrected chi connectivity index (χ1v) is 5.31. The van der Waals surface area contributed by atoms with Gasteiger partial charge in [-0.1, -0.05) is 0 Å². The topological polar surface area (TPSA) is 43.8 Å². The lowest BCUT2D eigenvalue weighted by atomic mass is 10.1. The Balaban J connectivity index is 2.37. The minimum atomic E-state index is -2.92. The van der Waals surface area contributed by atoms with Gasteiger partial charge in [0.1, 0.15) is 0 Å². The molecule has 0 saturated carbocycles. The Morgan fingerprint density at radius 1 is 1.31 bits per heavy atom. The molecule has 6 heteroatoms. The number of rotatable bonds is 3. The molecule has 1 N–H and O–H groups in total. The van der Waals surface area contributed by atoms with Crippen LogP contribution in [0.1, 0.15) is 13.8 Å². The average molecular weight is 236 g/mol. The molecule has 0 aromatic rings. The predicted octanol–water partition coefficient (Wildman–Crippen LogP) is 0.167. The van der Waals surface area contributed by atoms with Crippen molar-refractivity contribution in [1.82, 2.24) is 9.80 Å². The molecule has 1 rings (SSSR count). The summed E-state index contributed by atoms with van der Waals surface area (Å²) in [4.78, 5) is 14.1. The zero-order valence-corrected chi connectivity index (χ0v) is 9.62. The molecule has 1 fully saturated rings. The fourth-order valence-electron chi connectivity index (χ4n) is 1.81. The van der Waals surface area contributed by atoms with E-state index in [9.17, 15) is 18.7 Å². The molecule has 0 aromatic heterocycles. The van der Waals surface area contributed by atoms with Crippen molar-refractivity contribution in [3.8, 4) is 0 Å². The standard InChI is InChI=1S/C10H18F2N2O2/c1-10(2,16)7-13-3-5-14(6-4-13)9(15)8(11)12/h8,16H,3-7H2,1-2H3. The number of halogens is 2. The second-order valence-corrected chi connectivity index (χ2v) is 4.71. The summed E-state index contributed by atoms with van der Waals surface area (Å²) >= 11 is 0. The highest BCUT2D eigenvalue weighted by molar-refractivity contribution is 5.79. The number of amides is 1. The van der Waals surface area contributed by atoms with Crippen LogP contribution in [0, 0.1) is 0 Å². The van der Waals surface area contributed by atoms with Crippen molar-refractivity contribution in [2.24, 2.45) is 0 Å². The zero-order chi connectivity index (χ0) is 12.3. The summed E-state index contributed by atoms with van der Waals surface area (Å²) in [5, 5.41) is 9.59. The highest BCUT2D eigenvalue weighted by Crippen LogP contribution is 2.10. The number of carbonyl (C=O) groups is 1. The van der Waals surface area contributed by atoms with Gasteiger partial charge in [0, 0.05) is 32.7 Å². The summed E-state index contributed by atoms with van der Waals surface area (Å²) in [5.74, 6) is -1.09. The highest BCUT2D eigenvalue weighted by atomic mass is 19.3. The minimum absolute atomic E-state index is 0.305. The van der Waals surface area contributed by atoms with Crippen molar-refractivity contribution >= 4 is 5.91 Å². The van der Waals surface area contributed by atoms with E-state index in [0.717, 1.165) is 0 Å². The predicted molar refractivity (Wildman–Crippen MR) is 55.3 cm³/mol. The van der Waals surface area contributed by atoms with E-state index in [0.29, 0.717) is 32.7 Å². The molecule has 0 aliphatic carbocycles. The fourth-order valence-corrected chi connectivity index (χ4v) is 1.81. The van der Waals surface area contributed by atoms with E-state index in [1.54, 1.807) is 13.8 Å². The van der Waals surface area contributed by atoms with Gasteiger partial charge in [-0.3, -0.25) is 9.69 Å². The number of hydrogen-bond acceptors (Lipinski definition) is 3. The van der Waals surface area contributed by atoms with E-state index in [4.69, 9.17) is 0 Å². The van der Waals surface area contributed by atoms with Gasteiger partial charge in [0.05, 0.1) is 5.60 Å². The van der Waals surface area contributed by atoms with Crippen LogP contribution in [0.3, 0.4) is 0 Å². The molecule has 1 saturated heterocycles. The monoisotopic (exact) mass is 236 g/mol. The summed E-state index contributed by atoms with van der Waals surface area (Å²) in [5.41, 5.74) is -0.797. The van der Waals surface area contributed by atoms with Crippen molar-refractivity contribution < 1.29 is 18.7 Å². The Hall–Kier alpha value is -0.750. The molecular formula is C10H18F2N2O2. The van der Waals surface area contributed by atoms with Crippen LogP contribution in [-0.2, 0) is 4.79 Å². The van der Waals surface area contributed by atoms with Crippen LogP contribution in [0.15, 0.2) is 0 Å². The van der Waals surface area contributed by atoms with E-state index < -0.39 is 17.9 Å². The maximum absolute atomic E-state index is 12.1. The Morgan fingerprint density at radius 3 is 2.19 bits per heavy atom. The van der Waals surface area contributed by atoms with Gasteiger partial charge in [-0.05, 0) is 13.8 Å². The average Bonchev–Trinajstić information content (AvgIpc) is 2.15. The second kappa shape index (κ2) is 5.05. The molecule has 1 heterocycles. The molecule has 0 radical (unpaired) electrons. The number of carbonyl (C=O) groups excluding carboxylic acids is 1. The number of β-amino-alcohol motifs (C(OH)–C–C–N with tert-alkyl or cyclic N) is 1. The summed E-state index contributed by atoms with van der Waals surface area (Å²) in [6.45, 7) is 5.56. The van der Waals surface area contributed by atoms with Gasteiger partial charge in [0.2, 0.25) is 0 Å². The normalized spacial score (nSPS) is 19.2. The molecule has 0 unspecified atom stereocenters. The lowest BCUT2D eigenvalue weighted by molar-refractivity contribution is -0.144. The SMILES string of the molecule is CC(C)(O)CN1CCN(C(=O)C(F)F)CC1. The van der Waals surface area contributed by atoms with E-state index in [-0.39, 0.29) is 0 Å². The summed E-state index contributed by atoms with van der Waals surface area (Å²) in [6.07, 6.45) is -2.92. The van der Waals surface area contributed by atoms with Crippen LogP contribution in [-0.4, -0.2) is 65.6 Å². The lowest BCUT2D eigenvalue weighted by Crippen LogP contribution is -2.53. The van der Waals surface area contributed by atoms with Crippen LogP contribution < -0.4 is 0 Å². The van der Waals surface area contributed by atoms with Gasteiger partial charge in [0.15, 0.2) is 0 Å². The summed E-state index contributed by atoms with van der Waals surface area (Å²) in [6, 6.07) is 0. The number of alkyl halides is 2. The van der Waals surface area contributed by atoms with Gasteiger partial charge < -0.3 is 10.0 Å². The van der Waals surface area contributed by atoms with Crippen molar-refractivity contribution in [3.63, 3.8) is 0 Å². The molecule has 1 aliphatic heterocycles. The Morgan fingerprint density at radius 2 is 1.81 bits per heavy atom. The van der Waals surface area contributed by atoms with Gasteiger partial charge in [-0.25, -0.2) is 0 Å². The number of nitrogens with zero attached hydrogens (tertiary/aromatic N) is 2. The summed E-state index contributed by atoms with van der Waals surface area (Å²) in [7, 11) is 0. The zero-order valence-electron chi connectivity index (χ0n) is 9.62. The lowest BCUT2D eigenvalue weighted by Gasteiger charge is -2.37. The van der Waals surface area contributed by atoms with E-state index >= 15 is 0 Å². The molecule has 94 valence electrons. The van der Waals surface area contributed by atoms with Crippen LogP contribution in [0.2, 0.25) is 0 Å². The molecular weight excluding hydrogens is 218 g/mol. The fraction of sp³-hybridized carbons (Fsp3) is 0.900. The maximum atomic E-state index is 12.1. The van der Waals surface area contributed by atoms with Crippen molar-refractivity contribution in [2.75, 3.05) is 32.7 Å². The van der Waals surface area contributed by atoms with Crippen LogP contribution in [0.5, 0.6) is 0 Å². The van der Waals surface area contributed by atoms with Gasteiger partial charge in [0.25, 0.3) is 5.91 Å². The number of aliphatic hydroxyl groups is 1. The molecule has 0 aromatic carbocycles. The molecule has 0 atom stereocenters. The highest BCUT2D eigenvalue weighted by Gasteiger charge is 2.28. The Bertz CT molecular complexity index is 246. The molecule has 1 amide bonds. The first-order chi connectivity index (χ1) is 7.29. The first kappa shape index (κ1) is 13.3. The Kier molecular flexibility index (Phi) is 4.21. The minimum Gasteiger partial charge on any atom is -0.389 e. The molecule has 0 spiro atoms. The van der Waals surface area contributed by atoms with Crippen molar-refractivity contribution in [3.05, 3.63) is 0 Å². The van der Waals surface area contributed by atoms with Gasteiger partial charge in [-0.2, -0.15) is 8.78 Å². The third-order valence-corrected chi connectivity index (χ3v) is 2.48. The van der Waals surface area contributed by atoms with E-state index in [1.165, 1.54) is 4.90 Å². The quantitative estimate of drug-likeness (QED) is 0.759. The van der Waals surface area contributed by atoms with Gasteiger partial charge in [-0.15, -0.1) is 0 Å². The largest absolute Gasteiger partial charge is 0.389 e. The number of hydrogen-bond donors (Lipinski definition) is 1. The van der Waals surface area contributed by atoms with Crippen LogP contribution in [0.4, 0.5) is 8.78 Å². The molecule has 4 nitrogen and oxygen atoms in total. The molecule has 16 heavy (non-hydrogen) atoms. The maximum Gasteiger partial charge on any atom is 0.315 e. The third-order valence-electron chi connectivity index (χ3n) is 2.48. The second-order valence-electron chi connectivity index (χ2n) is 4.71. The van der Waals surface area contributed by atoms with Gasteiger partial charge >= 0.3 is 6.43 Å². The van der Waals surface area contributed by atoms with Crippen molar-refractivity contribution in [1.29, 1.82) is 0 Å². The van der Waals surface area contributed by atoms with E-state index in [2.05, 4.69) is 0 Å². The Labute approximate surface area is 93.8 Å². The summed E-state index contributed by atoms with van der Waals surface area (Å²) < 4.78 is 24.3. The van der Waals surface area contributed by atoms with E-state index in [1.807, 2.05) is 4.90 Å². The van der Waals surface area contributed by atoms with Crippen molar-refractivity contribution in [2.45, 2.75) is 25.9 Å². The van der Waals surface area contributed by atoms with Crippen LogP contribution in [0.25, 0.3) is 0 Å². The first-order valence-electron chi connectivity index (χ1n) is 5.31. The smallest absolute Gasteiger partial charge is 0.315 e. The van der Waals surface area contributed by atoms with Crippen LogP contribution >= 0.6 is 0 Å².